The second kappa shape index (κ2) is 11.6. The molecule has 7 aromatic carbocycles. The van der Waals surface area contributed by atoms with Gasteiger partial charge < -0.3 is 4.57 Å². The molecule has 50 heavy (non-hydrogen) atoms. The Balaban J connectivity index is 1.14. The van der Waals surface area contributed by atoms with E-state index in [4.69, 9.17) is 15.0 Å². The first-order chi connectivity index (χ1) is 24.8. The van der Waals surface area contributed by atoms with Gasteiger partial charge in [-0.1, -0.05) is 140 Å². The lowest BCUT2D eigenvalue weighted by atomic mass is 10.0. The van der Waals surface area contributed by atoms with Gasteiger partial charge in [0.25, 0.3) is 0 Å². The van der Waals surface area contributed by atoms with Crippen LogP contribution in [0.15, 0.2) is 170 Å². The molecule has 0 saturated carbocycles. The summed E-state index contributed by atoms with van der Waals surface area (Å²) in [6.45, 7) is 0. The highest BCUT2D eigenvalue weighted by Gasteiger charge is 2.18. The zero-order chi connectivity index (χ0) is 33.0. The van der Waals surface area contributed by atoms with Crippen molar-refractivity contribution in [3.05, 3.63) is 170 Å². The Morgan fingerprint density at radius 3 is 1.68 bits per heavy atom. The fourth-order valence-corrected chi connectivity index (χ4v) is 8.24. The van der Waals surface area contributed by atoms with Crippen LogP contribution in [-0.2, 0) is 0 Å². The molecule has 0 spiro atoms. The topological polar surface area (TPSA) is 43.6 Å². The Morgan fingerprint density at radius 2 is 0.980 bits per heavy atom. The summed E-state index contributed by atoms with van der Waals surface area (Å²) in [5, 5.41) is 4.97. The zero-order valence-corrected chi connectivity index (χ0v) is 27.7. The Labute approximate surface area is 292 Å². The summed E-state index contributed by atoms with van der Waals surface area (Å²) in [6.07, 6.45) is 0. The second-order valence-corrected chi connectivity index (χ2v) is 13.5. The molecule has 10 rings (SSSR count). The fraction of sp³-hybridized carbons (Fsp3) is 0. The summed E-state index contributed by atoms with van der Waals surface area (Å²) in [4.78, 5) is 14.8. The maximum atomic E-state index is 4.98. The van der Waals surface area contributed by atoms with Crippen LogP contribution in [0.25, 0.3) is 93.0 Å². The van der Waals surface area contributed by atoms with Gasteiger partial charge in [-0.05, 0) is 35.9 Å². The number of nitrogens with zero attached hydrogens (tertiary/aromatic N) is 4. The van der Waals surface area contributed by atoms with Gasteiger partial charge in [0.05, 0.1) is 11.0 Å². The highest BCUT2D eigenvalue weighted by molar-refractivity contribution is 7.25. The van der Waals surface area contributed by atoms with Gasteiger partial charge in [-0.2, -0.15) is 0 Å². The molecule has 234 valence electrons. The number of fused-ring (bicyclic) bond motifs is 6. The third kappa shape index (κ3) is 4.71. The van der Waals surface area contributed by atoms with Crippen LogP contribution < -0.4 is 0 Å². The maximum absolute atomic E-state index is 4.98. The largest absolute Gasteiger partial charge is 0.309 e. The quantitative estimate of drug-likeness (QED) is 0.185. The van der Waals surface area contributed by atoms with Gasteiger partial charge in [0.2, 0.25) is 0 Å². The van der Waals surface area contributed by atoms with E-state index in [0.717, 1.165) is 22.4 Å². The molecule has 0 aliphatic heterocycles. The van der Waals surface area contributed by atoms with Crippen LogP contribution in [0.2, 0.25) is 0 Å². The second-order valence-electron chi connectivity index (χ2n) is 12.5. The molecular formula is C45H28N4S. The smallest absolute Gasteiger partial charge is 0.164 e. The van der Waals surface area contributed by atoms with Crippen LogP contribution in [-0.4, -0.2) is 19.5 Å². The number of para-hydroxylation sites is 2. The molecule has 0 saturated heterocycles. The lowest BCUT2D eigenvalue weighted by Crippen LogP contribution is -1.99. The van der Waals surface area contributed by atoms with E-state index < -0.39 is 0 Å². The minimum Gasteiger partial charge on any atom is -0.309 e. The van der Waals surface area contributed by atoms with Crippen molar-refractivity contribution < 1.29 is 0 Å². The highest BCUT2D eigenvalue weighted by Crippen LogP contribution is 2.41. The van der Waals surface area contributed by atoms with Crippen molar-refractivity contribution in [2.24, 2.45) is 0 Å². The molecule has 3 aromatic heterocycles. The van der Waals surface area contributed by atoms with E-state index in [2.05, 4.69) is 114 Å². The van der Waals surface area contributed by atoms with E-state index in [0.29, 0.717) is 17.5 Å². The molecule has 0 fully saturated rings. The molecule has 0 aliphatic rings. The van der Waals surface area contributed by atoms with Gasteiger partial charge in [-0.15, -0.1) is 11.3 Å². The minimum absolute atomic E-state index is 0.663. The van der Waals surface area contributed by atoms with Crippen LogP contribution in [0.1, 0.15) is 0 Å². The normalized spacial score (nSPS) is 11.6. The first kappa shape index (κ1) is 28.6. The van der Waals surface area contributed by atoms with Gasteiger partial charge in [-0.25, -0.2) is 15.0 Å². The average molecular weight is 657 g/mol. The van der Waals surface area contributed by atoms with E-state index in [1.165, 1.54) is 53.1 Å². The van der Waals surface area contributed by atoms with Crippen LogP contribution in [0.5, 0.6) is 0 Å². The lowest BCUT2D eigenvalue weighted by molar-refractivity contribution is 1.07. The van der Waals surface area contributed by atoms with E-state index >= 15 is 0 Å². The number of hydrogen-bond acceptors (Lipinski definition) is 4. The third-order valence-corrected chi connectivity index (χ3v) is 10.6. The lowest BCUT2D eigenvalue weighted by Gasteiger charge is -2.12. The molecule has 0 unspecified atom stereocenters. The average Bonchev–Trinajstić information content (AvgIpc) is 3.74. The molecule has 0 N–H and O–H groups in total. The molecule has 0 radical (unpaired) electrons. The predicted molar refractivity (Wildman–Crippen MR) is 209 cm³/mol. The van der Waals surface area contributed by atoms with Gasteiger partial charge >= 0.3 is 0 Å². The van der Waals surface area contributed by atoms with E-state index in [9.17, 15) is 0 Å². The molecule has 10 aromatic rings. The minimum atomic E-state index is 0.663. The van der Waals surface area contributed by atoms with Crippen molar-refractivity contribution in [1.29, 1.82) is 0 Å². The molecular weight excluding hydrogens is 629 g/mol. The summed E-state index contributed by atoms with van der Waals surface area (Å²) in [5.41, 5.74) is 8.89. The molecule has 4 nitrogen and oxygen atoms in total. The number of aromatic nitrogens is 4. The number of hydrogen-bond donors (Lipinski definition) is 0. The van der Waals surface area contributed by atoms with Crippen LogP contribution in [0.3, 0.4) is 0 Å². The van der Waals surface area contributed by atoms with Gasteiger partial charge in [0, 0.05) is 58.9 Å². The fourth-order valence-electron chi connectivity index (χ4n) is 7.12. The van der Waals surface area contributed by atoms with Crippen molar-refractivity contribution in [2.45, 2.75) is 0 Å². The van der Waals surface area contributed by atoms with Crippen molar-refractivity contribution >= 4 is 53.3 Å². The predicted octanol–water partition coefficient (Wildman–Crippen LogP) is 12.0. The Bertz CT molecular complexity index is 2800. The maximum Gasteiger partial charge on any atom is 0.164 e. The van der Waals surface area contributed by atoms with Crippen molar-refractivity contribution in [2.75, 3.05) is 0 Å². The molecule has 5 heteroatoms. The summed E-state index contributed by atoms with van der Waals surface area (Å²) in [5.74, 6) is 1.99. The number of rotatable bonds is 5. The Morgan fingerprint density at radius 1 is 0.380 bits per heavy atom. The molecule has 0 atom stereocenters. The van der Waals surface area contributed by atoms with Crippen LogP contribution >= 0.6 is 11.3 Å². The first-order valence-electron chi connectivity index (χ1n) is 16.7. The third-order valence-electron chi connectivity index (χ3n) is 9.45. The zero-order valence-electron chi connectivity index (χ0n) is 26.9. The van der Waals surface area contributed by atoms with Crippen molar-refractivity contribution in [3.8, 4) is 51.0 Å². The van der Waals surface area contributed by atoms with Crippen molar-refractivity contribution in [1.82, 2.24) is 19.5 Å². The van der Waals surface area contributed by atoms with Crippen LogP contribution in [0.4, 0.5) is 0 Å². The molecule has 0 bridgehead atoms. The first-order valence-corrected chi connectivity index (χ1v) is 17.5. The highest BCUT2D eigenvalue weighted by atomic mass is 32.1. The van der Waals surface area contributed by atoms with Gasteiger partial charge in [0.15, 0.2) is 17.5 Å². The Kier molecular flexibility index (Phi) is 6.64. The molecule has 0 amide bonds. The van der Waals surface area contributed by atoms with Crippen molar-refractivity contribution in [3.63, 3.8) is 0 Å². The van der Waals surface area contributed by atoms with Gasteiger partial charge in [-0.3, -0.25) is 0 Å². The molecule has 3 heterocycles. The van der Waals surface area contributed by atoms with E-state index in [1.807, 2.05) is 60.7 Å². The monoisotopic (exact) mass is 656 g/mol. The number of benzene rings is 7. The summed E-state index contributed by atoms with van der Waals surface area (Å²) < 4.78 is 4.88. The Hall–Kier alpha value is -6.43. The number of thiophene rings is 1. The van der Waals surface area contributed by atoms with E-state index in [-0.39, 0.29) is 0 Å². The van der Waals surface area contributed by atoms with Gasteiger partial charge in [0.1, 0.15) is 0 Å². The standard InChI is InChI=1S/C45H28N4S/c1-4-13-29(14-5-1)34-20-12-21-37-35-19-10-11-22-39(35)49(42(34)37)33-24-26-40-38(28-33)36-25-23-32(27-41(36)50-40)45-47-43(30-15-6-2-7-16-30)46-44(48-45)31-17-8-3-9-18-31/h1-28H. The SMILES string of the molecule is c1ccc(-c2nc(-c3ccccc3)nc(-c3ccc4c(c3)sc3ccc(-n5c6ccccc6c6cccc(-c7ccccc7)c65)cc34)n2)cc1. The summed E-state index contributed by atoms with van der Waals surface area (Å²) in [6, 6.07) is 59.8. The molecule has 0 aliphatic carbocycles. The summed E-state index contributed by atoms with van der Waals surface area (Å²) in [7, 11) is 0. The summed E-state index contributed by atoms with van der Waals surface area (Å²) >= 11 is 1.80. The van der Waals surface area contributed by atoms with E-state index in [1.54, 1.807) is 11.3 Å². The van der Waals surface area contributed by atoms with Crippen LogP contribution in [0, 0.1) is 0 Å².